The predicted molar refractivity (Wildman–Crippen MR) is 122 cm³/mol. The fourth-order valence-corrected chi connectivity index (χ4v) is 3.80. The van der Waals surface area contributed by atoms with Gasteiger partial charge in [-0.05, 0) is 43.5 Å². The van der Waals surface area contributed by atoms with Crippen molar-refractivity contribution < 1.29 is 14.0 Å². The lowest BCUT2D eigenvalue weighted by molar-refractivity contribution is -0.138. The van der Waals surface area contributed by atoms with E-state index in [0.717, 1.165) is 29.5 Å². The van der Waals surface area contributed by atoms with Gasteiger partial charge < -0.3 is 10.2 Å². The van der Waals surface area contributed by atoms with Crippen LogP contribution >= 0.6 is 11.8 Å². The van der Waals surface area contributed by atoms with Crippen LogP contribution in [0, 0.1) is 12.7 Å². The number of thioether (sulfide) groups is 1. The number of rotatable bonds is 11. The molecule has 0 fully saturated rings. The van der Waals surface area contributed by atoms with E-state index in [1.807, 2.05) is 31.2 Å². The Hall–Kier alpha value is -2.34. The lowest BCUT2D eigenvalue weighted by atomic mass is 10.1. The molecule has 1 atom stereocenters. The number of aryl methyl sites for hydroxylation is 1. The van der Waals surface area contributed by atoms with Gasteiger partial charge in [0.25, 0.3) is 0 Å². The first-order chi connectivity index (χ1) is 14.4. The molecule has 1 N–H and O–H groups in total. The Morgan fingerprint density at radius 2 is 1.70 bits per heavy atom. The summed E-state index contributed by atoms with van der Waals surface area (Å²) in [4.78, 5) is 27.2. The largest absolute Gasteiger partial charge is 0.354 e. The van der Waals surface area contributed by atoms with Crippen LogP contribution in [-0.2, 0) is 21.9 Å². The predicted octanol–water partition coefficient (Wildman–Crippen LogP) is 4.70. The van der Waals surface area contributed by atoms with Gasteiger partial charge in [-0.3, -0.25) is 9.59 Å². The first kappa shape index (κ1) is 23.9. The average Bonchev–Trinajstić information content (AvgIpc) is 2.74. The van der Waals surface area contributed by atoms with Crippen molar-refractivity contribution >= 4 is 23.6 Å². The number of nitrogens with zero attached hydrogens (tertiary/aromatic N) is 1. The molecular formula is C24H31FN2O2S. The van der Waals surface area contributed by atoms with E-state index < -0.39 is 6.04 Å². The number of hydrogen-bond acceptors (Lipinski definition) is 3. The molecule has 2 aromatic carbocycles. The molecule has 0 heterocycles. The Morgan fingerprint density at radius 3 is 2.33 bits per heavy atom. The molecule has 30 heavy (non-hydrogen) atoms. The van der Waals surface area contributed by atoms with Gasteiger partial charge in [0, 0.05) is 18.8 Å². The molecule has 6 heteroatoms. The fourth-order valence-electron chi connectivity index (χ4n) is 2.93. The van der Waals surface area contributed by atoms with Crippen LogP contribution in [0.2, 0.25) is 0 Å². The van der Waals surface area contributed by atoms with Crippen LogP contribution in [0.25, 0.3) is 0 Å². The van der Waals surface area contributed by atoms with E-state index in [1.165, 1.54) is 23.9 Å². The standard InChI is InChI=1S/C24H31FN2O2S/c1-4-5-14-26-24(29)19(3)27(15-20-8-6-18(2)7-9-20)23(28)17-30-16-21-10-12-22(25)13-11-21/h6-13,19H,4-5,14-17H2,1-3H3,(H,26,29)/t19-/m1/s1. The van der Waals surface area contributed by atoms with E-state index in [9.17, 15) is 14.0 Å². The molecule has 0 saturated heterocycles. The minimum absolute atomic E-state index is 0.0826. The smallest absolute Gasteiger partial charge is 0.242 e. The topological polar surface area (TPSA) is 49.4 Å². The highest BCUT2D eigenvalue weighted by atomic mass is 32.2. The van der Waals surface area contributed by atoms with Crippen molar-refractivity contribution in [3.8, 4) is 0 Å². The summed E-state index contributed by atoms with van der Waals surface area (Å²) in [7, 11) is 0. The Kier molecular flexibility index (Phi) is 9.87. The zero-order valence-electron chi connectivity index (χ0n) is 18.0. The van der Waals surface area contributed by atoms with E-state index in [0.29, 0.717) is 18.8 Å². The van der Waals surface area contributed by atoms with E-state index in [2.05, 4.69) is 12.2 Å². The van der Waals surface area contributed by atoms with Crippen molar-refractivity contribution in [1.82, 2.24) is 10.2 Å². The van der Waals surface area contributed by atoms with Crippen molar-refractivity contribution in [3.63, 3.8) is 0 Å². The molecule has 2 amide bonds. The molecule has 0 aliphatic rings. The highest BCUT2D eigenvalue weighted by Crippen LogP contribution is 2.16. The molecule has 0 aliphatic heterocycles. The fraction of sp³-hybridized carbons (Fsp3) is 0.417. The number of halogens is 1. The third kappa shape index (κ3) is 7.82. The van der Waals surface area contributed by atoms with Crippen LogP contribution in [0.5, 0.6) is 0 Å². The first-order valence-electron chi connectivity index (χ1n) is 10.4. The summed E-state index contributed by atoms with van der Waals surface area (Å²) >= 11 is 1.47. The third-order valence-corrected chi connectivity index (χ3v) is 5.87. The number of benzene rings is 2. The van der Waals surface area contributed by atoms with Gasteiger partial charge in [0.1, 0.15) is 11.9 Å². The summed E-state index contributed by atoms with van der Waals surface area (Å²) in [5, 5.41) is 2.93. The average molecular weight is 431 g/mol. The lowest BCUT2D eigenvalue weighted by Crippen LogP contribution is -2.48. The zero-order chi connectivity index (χ0) is 21.9. The van der Waals surface area contributed by atoms with Gasteiger partial charge in [0.05, 0.1) is 5.75 Å². The number of amides is 2. The van der Waals surface area contributed by atoms with Gasteiger partial charge in [-0.2, -0.15) is 0 Å². The number of nitrogens with one attached hydrogen (secondary N) is 1. The molecule has 0 aromatic heterocycles. The van der Waals surface area contributed by atoms with Crippen LogP contribution in [-0.4, -0.2) is 35.1 Å². The van der Waals surface area contributed by atoms with Gasteiger partial charge in [0.15, 0.2) is 0 Å². The number of carbonyl (C=O) groups is 2. The monoisotopic (exact) mass is 430 g/mol. The van der Waals surface area contributed by atoms with Gasteiger partial charge in [-0.1, -0.05) is 55.3 Å². The maximum absolute atomic E-state index is 13.0. The molecule has 2 rings (SSSR count). The van der Waals surface area contributed by atoms with Crippen molar-refractivity contribution in [2.75, 3.05) is 12.3 Å². The van der Waals surface area contributed by atoms with Gasteiger partial charge in [0.2, 0.25) is 11.8 Å². The molecule has 2 aromatic rings. The second-order valence-electron chi connectivity index (χ2n) is 7.45. The summed E-state index contributed by atoms with van der Waals surface area (Å²) in [6, 6.07) is 13.7. The van der Waals surface area contributed by atoms with Crippen LogP contribution in [0.4, 0.5) is 4.39 Å². The number of unbranched alkanes of at least 4 members (excludes halogenated alkanes) is 1. The summed E-state index contributed by atoms with van der Waals surface area (Å²) in [6.45, 7) is 6.87. The van der Waals surface area contributed by atoms with Gasteiger partial charge in [-0.15, -0.1) is 11.8 Å². The highest BCUT2D eigenvalue weighted by Gasteiger charge is 2.25. The Morgan fingerprint density at radius 1 is 1.07 bits per heavy atom. The maximum atomic E-state index is 13.0. The first-order valence-corrected chi connectivity index (χ1v) is 11.5. The Bertz CT molecular complexity index is 809. The van der Waals surface area contributed by atoms with Crippen molar-refractivity contribution in [2.45, 2.75) is 52.0 Å². The van der Waals surface area contributed by atoms with E-state index in [4.69, 9.17) is 0 Å². The van der Waals surface area contributed by atoms with Crippen molar-refractivity contribution in [3.05, 3.63) is 71.0 Å². The molecule has 0 aliphatic carbocycles. The molecule has 4 nitrogen and oxygen atoms in total. The molecule has 0 unspecified atom stereocenters. The normalized spacial score (nSPS) is 11.7. The maximum Gasteiger partial charge on any atom is 0.242 e. The van der Waals surface area contributed by atoms with Crippen LogP contribution in [0.15, 0.2) is 48.5 Å². The molecule has 0 saturated carbocycles. The highest BCUT2D eigenvalue weighted by molar-refractivity contribution is 7.99. The molecule has 0 spiro atoms. The zero-order valence-corrected chi connectivity index (χ0v) is 18.8. The third-order valence-electron chi connectivity index (χ3n) is 4.88. The van der Waals surface area contributed by atoms with Crippen LogP contribution < -0.4 is 5.32 Å². The second kappa shape index (κ2) is 12.4. The van der Waals surface area contributed by atoms with Crippen LogP contribution in [0.3, 0.4) is 0 Å². The molecule has 0 bridgehead atoms. The van der Waals surface area contributed by atoms with Crippen LogP contribution in [0.1, 0.15) is 43.4 Å². The van der Waals surface area contributed by atoms with Gasteiger partial charge >= 0.3 is 0 Å². The molecule has 162 valence electrons. The van der Waals surface area contributed by atoms with E-state index in [1.54, 1.807) is 24.0 Å². The summed E-state index contributed by atoms with van der Waals surface area (Å²) in [5.41, 5.74) is 3.10. The quantitative estimate of drug-likeness (QED) is 0.526. The Balaban J connectivity index is 2.02. The molecule has 0 radical (unpaired) electrons. The van der Waals surface area contributed by atoms with Gasteiger partial charge in [-0.25, -0.2) is 4.39 Å². The Labute approximate surface area is 183 Å². The summed E-state index contributed by atoms with van der Waals surface area (Å²) in [6.07, 6.45) is 1.92. The minimum Gasteiger partial charge on any atom is -0.354 e. The molecular weight excluding hydrogens is 399 g/mol. The van der Waals surface area contributed by atoms with Crippen molar-refractivity contribution in [2.24, 2.45) is 0 Å². The van der Waals surface area contributed by atoms with E-state index >= 15 is 0 Å². The van der Waals surface area contributed by atoms with E-state index in [-0.39, 0.29) is 23.4 Å². The second-order valence-corrected chi connectivity index (χ2v) is 8.43. The minimum atomic E-state index is -0.554. The number of carbonyl (C=O) groups excluding carboxylic acids is 2. The summed E-state index contributed by atoms with van der Waals surface area (Å²) < 4.78 is 13.0. The lowest BCUT2D eigenvalue weighted by Gasteiger charge is -2.29. The van der Waals surface area contributed by atoms with Crippen molar-refractivity contribution in [1.29, 1.82) is 0 Å². The summed E-state index contributed by atoms with van der Waals surface area (Å²) in [5.74, 6) is 0.386. The number of hydrogen-bond donors (Lipinski definition) is 1. The SMILES string of the molecule is CCCCNC(=O)[C@@H](C)N(Cc1ccc(C)cc1)C(=O)CSCc1ccc(F)cc1.